The second kappa shape index (κ2) is 8.83. The van der Waals surface area contributed by atoms with Crippen molar-refractivity contribution in [3.63, 3.8) is 0 Å². The Balaban J connectivity index is 1.36. The summed E-state index contributed by atoms with van der Waals surface area (Å²) in [6.07, 6.45) is 0. The van der Waals surface area contributed by atoms with Gasteiger partial charge in [-0.3, -0.25) is 9.59 Å². The van der Waals surface area contributed by atoms with E-state index in [4.69, 9.17) is 13.6 Å². The maximum Gasteiger partial charge on any atom is 0.283 e. The van der Waals surface area contributed by atoms with E-state index in [-0.39, 0.29) is 17.1 Å². The molecule has 0 aliphatic carbocycles. The highest BCUT2D eigenvalue weighted by Crippen LogP contribution is 2.28. The van der Waals surface area contributed by atoms with Crippen LogP contribution in [0.2, 0.25) is 0 Å². The van der Waals surface area contributed by atoms with Crippen molar-refractivity contribution in [2.24, 2.45) is 0 Å². The number of carbonyl (C=O) groups is 1. The number of aromatic nitrogens is 1. The number of benzene rings is 2. The van der Waals surface area contributed by atoms with E-state index >= 15 is 0 Å². The van der Waals surface area contributed by atoms with Crippen molar-refractivity contribution < 1.29 is 23.3 Å². The quantitative estimate of drug-likeness (QED) is 0.442. The topological polar surface area (TPSA) is 93.5 Å². The summed E-state index contributed by atoms with van der Waals surface area (Å²) in [4.78, 5) is 36.5. The number of hydrogen-bond donors (Lipinski definition) is 1. The van der Waals surface area contributed by atoms with E-state index in [1.54, 1.807) is 6.07 Å². The van der Waals surface area contributed by atoms with Gasteiger partial charge >= 0.3 is 0 Å². The Morgan fingerprint density at radius 1 is 0.971 bits per heavy atom. The molecule has 0 atom stereocenters. The minimum absolute atomic E-state index is 0.0744. The molecule has 9 heteroatoms. The molecule has 0 radical (unpaired) electrons. The van der Waals surface area contributed by atoms with E-state index in [1.807, 2.05) is 30.3 Å². The van der Waals surface area contributed by atoms with Gasteiger partial charge in [0.1, 0.15) is 5.52 Å². The number of hydrogen-bond acceptors (Lipinski definition) is 8. The number of anilines is 2. The number of carbonyl (C=O) groups excluding carboxylic acids is 1. The van der Waals surface area contributed by atoms with Crippen molar-refractivity contribution in [3.05, 3.63) is 64.3 Å². The molecule has 2 aliphatic heterocycles. The molecule has 0 unspecified atom stereocenters. The van der Waals surface area contributed by atoms with Crippen molar-refractivity contribution in [2.75, 3.05) is 69.3 Å². The Hall–Kier alpha value is -3.69. The number of fused-ring (bicyclic) bond motifs is 2. The van der Waals surface area contributed by atoms with Gasteiger partial charge in [0.05, 0.1) is 57.5 Å². The Labute approximate surface area is 201 Å². The lowest BCUT2D eigenvalue weighted by atomic mass is 10.1. The summed E-state index contributed by atoms with van der Waals surface area (Å²) in [6, 6.07) is 12.4. The average molecular weight is 476 g/mol. The Morgan fingerprint density at radius 3 is 2.57 bits per heavy atom. The molecule has 2 aliphatic rings. The fourth-order valence-corrected chi connectivity index (χ4v) is 4.79. The van der Waals surface area contributed by atoms with E-state index in [9.17, 15) is 9.59 Å². The molecule has 2 aromatic carbocycles. The highest BCUT2D eigenvalue weighted by molar-refractivity contribution is 6.06. The second-order valence-corrected chi connectivity index (χ2v) is 9.17. The normalized spacial score (nSPS) is 17.4. The van der Waals surface area contributed by atoms with Gasteiger partial charge in [-0.25, -0.2) is 4.98 Å². The first-order chi connectivity index (χ1) is 17.1. The van der Waals surface area contributed by atoms with Crippen LogP contribution >= 0.6 is 0 Å². The molecule has 2 aromatic heterocycles. The van der Waals surface area contributed by atoms with Crippen molar-refractivity contribution in [3.8, 4) is 0 Å². The van der Waals surface area contributed by atoms with Gasteiger partial charge in [0.15, 0.2) is 22.4 Å². The van der Waals surface area contributed by atoms with Crippen LogP contribution in [0.5, 0.6) is 0 Å². The largest absolute Gasteiger partial charge is 0.450 e. The van der Waals surface area contributed by atoms with E-state index in [0.717, 1.165) is 50.6 Å². The smallest absolute Gasteiger partial charge is 0.283 e. The summed E-state index contributed by atoms with van der Waals surface area (Å²) >= 11 is 0. The average Bonchev–Trinajstić information content (AvgIpc) is 3.32. The maximum atomic E-state index is 13.3. The number of rotatable bonds is 4. The third-order valence-corrected chi connectivity index (χ3v) is 6.86. The summed E-state index contributed by atoms with van der Waals surface area (Å²) in [7, 11) is 2.17. The molecule has 180 valence electrons. The molecule has 0 saturated carbocycles. The van der Waals surface area contributed by atoms with Crippen LogP contribution in [0.15, 0.2) is 56.1 Å². The van der Waals surface area contributed by atoms with Gasteiger partial charge in [0.25, 0.3) is 11.7 Å². The summed E-state index contributed by atoms with van der Waals surface area (Å²) in [5, 5.41) is 0.457. The lowest BCUT2D eigenvalue weighted by Gasteiger charge is -2.31. The number of para-hydroxylation sites is 1. The lowest BCUT2D eigenvalue weighted by molar-refractivity contribution is -0.880. The van der Waals surface area contributed by atoms with Crippen LogP contribution in [0.3, 0.4) is 0 Å². The van der Waals surface area contributed by atoms with Crippen LogP contribution in [0.1, 0.15) is 16.4 Å². The molecule has 9 nitrogen and oxygen atoms in total. The van der Waals surface area contributed by atoms with E-state index in [2.05, 4.69) is 21.8 Å². The summed E-state index contributed by atoms with van der Waals surface area (Å²) in [5.74, 6) is -0.720. The standard InChI is InChI=1S/C26H26N4O5/c1-28-7-9-30(10-8-28)20-4-2-3-18-21(31)16-23(34-25(18)20)24(32)26-27-19-6-5-17(15-22(19)35-26)29-11-13-33-14-12-29/h2-6,15-16H,7-14H2,1H3/p+1. The minimum atomic E-state index is -0.550. The molecule has 6 rings (SSSR count). The van der Waals surface area contributed by atoms with E-state index < -0.39 is 5.78 Å². The predicted octanol–water partition coefficient (Wildman–Crippen LogP) is 1.34. The molecule has 4 aromatic rings. The summed E-state index contributed by atoms with van der Waals surface area (Å²) in [6.45, 7) is 6.64. The molecule has 4 heterocycles. The molecule has 0 amide bonds. The van der Waals surface area contributed by atoms with Gasteiger partial charge in [0.2, 0.25) is 0 Å². The number of likely N-dealkylation sites (N-methyl/N-ethyl adjacent to an activating group) is 1. The second-order valence-electron chi connectivity index (χ2n) is 9.17. The van der Waals surface area contributed by atoms with E-state index in [1.165, 1.54) is 11.0 Å². The van der Waals surface area contributed by atoms with Crippen LogP contribution in [-0.4, -0.2) is 70.3 Å². The highest BCUT2D eigenvalue weighted by Gasteiger charge is 2.24. The van der Waals surface area contributed by atoms with Crippen molar-refractivity contribution in [2.45, 2.75) is 0 Å². The number of ketones is 1. The molecule has 0 spiro atoms. The van der Waals surface area contributed by atoms with Gasteiger partial charge in [0, 0.05) is 30.9 Å². The SMILES string of the molecule is C[NH+]1CCN(c2cccc3c(=O)cc(C(=O)c4nc5ccc(N6CCOCC6)cc5o4)oc23)CC1. The highest BCUT2D eigenvalue weighted by atomic mass is 16.5. The van der Waals surface area contributed by atoms with Crippen molar-refractivity contribution in [1.82, 2.24) is 4.98 Å². The van der Waals surface area contributed by atoms with Crippen LogP contribution in [0.4, 0.5) is 11.4 Å². The predicted molar refractivity (Wildman–Crippen MR) is 132 cm³/mol. The monoisotopic (exact) mass is 475 g/mol. The molecule has 0 bridgehead atoms. The van der Waals surface area contributed by atoms with Crippen LogP contribution in [0, 0.1) is 0 Å². The van der Waals surface area contributed by atoms with Crippen molar-refractivity contribution >= 4 is 39.2 Å². The first-order valence-corrected chi connectivity index (χ1v) is 12.0. The zero-order valence-corrected chi connectivity index (χ0v) is 19.6. The van der Waals surface area contributed by atoms with Gasteiger partial charge in [-0.2, -0.15) is 0 Å². The van der Waals surface area contributed by atoms with Crippen molar-refractivity contribution in [1.29, 1.82) is 0 Å². The van der Waals surface area contributed by atoms with Gasteiger partial charge < -0.3 is 28.3 Å². The number of oxazole rings is 1. The minimum Gasteiger partial charge on any atom is -0.450 e. The van der Waals surface area contributed by atoms with Crippen LogP contribution in [-0.2, 0) is 4.74 Å². The lowest BCUT2D eigenvalue weighted by Crippen LogP contribution is -3.12. The summed E-state index contributed by atoms with van der Waals surface area (Å²) < 4.78 is 17.3. The fraction of sp³-hybridized carbons (Fsp3) is 0.346. The fourth-order valence-electron chi connectivity index (χ4n) is 4.79. The Morgan fingerprint density at radius 2 is 1.77 bits per heavy atom. The number of nitrogens with one attached hydrogen (secondary N) is 1. The molecule has 2 saturated heterocycles. The van der Waals surface area contributed by atoms with Crippen LogP contribution < -0.4 is 20.1 Å². The first kappa shape index (κ1) is 21.8. The number of piperazine rings is 1. The summed E-state index contributed by atoms with van der Waals surface area (Å²) in [5.41, 5.74) is 3.08. The van der Waals surface area contributed by atoms with E-state index in [0.29, 0.717) is 35.3 Å². The molecular weight excluding hydrogens is 448 g/mol. The van der Waals surface area contributed by atoms with Crippen LogP contribution in [0.25, 0.3) is 22.1 Å². The maximum absolute atomic E-state index is 13.3. The van der Waals surface area contributed by atoms with Gasteiger partial charge in [-0.1, -0.05) is 6.07 Å². The Bertz CT molecular complexity index is 1460. The van der Waals surface area contributed by atoms with Gasteiger partial charge in [-0.05, 0) is 24.3 Å². The number of morpholine rings is 1. The zero-order chi connectivity index (χ0) is 23.9. The first-order valence-electron chi connectivity index (χ1n) is 12.0. The molecule has 1 N–H and O–H groups in total. The zero-order valence-electron chi connectivity index (χ0n) is 19.6. The third-order valence-electron chi connectivity index (χ3n) is 6.86. The Kier molecular flexibility index (Phi) is 5.50. The third kappa shape index (κ3) is 4.06. The molecular formula is C26H27N4O5+. The number of ether oxygens (including phenoxy) is 1. The number of quaternary nitrogens is 1. The molecule has 2 fully saturated rings. The molecule has 35 heavy (non-hydrogen) atoms. The number of nitrogens with zero attached hydrogens (tertiary/aromatic N) is 3. The van der Waals surface area contributed by atoms with Gasteiger partial charge in [-0.15, -0.1) is 0 Å².